The summed E-state index contributed by atoms with van der Waals surface area (Å²) in [5, 5.41) is 25.7. The number of pyridine rings is 1. The van der Waals surface area contributed by atoms with Crippen LogP contribution in [0.2, 0.25) is 0 Å². The van der Waals surface area contributed by atoms with Crippen LogP contribution in [0.15, 0.2) is 67.0 Å². The second-order valence-electron chi connectivity index (χ2n) is 7.01. The van der Waals surface area contributed by atoms with Gasteiger partial charge in [-0.15, -0.1) is 0 Å². The van der Waals surface area contributed by atoms with Gasteiger partial charge in [0, 0.05) is 35.0 Å². The van der Waals surface area contributed by atoms with Crippen molar-refractivity contribution in [1.29, 1.82) is 0 Å². The van der Waals surface area contributed by atoms with E-state index in [4.69, 9.17) is 12.2 Å². The minimum absolute atomic E-state index is 0.0649. The van der Waals surface area contributed by atoms with Crippen molar-refractivity contribution < 1.29 is 14.6 Å². The molecule has 7 heteroatoms. The number of aryl methyl sites for hydroxylation is 3. The van der Waals surface area contributed by atoms with Gasteiger partial charge in [0.05, 0.1) is 4.92 Å². The number of aromatic nitrogens is 1. The van der Waals surface area contributed by atoms with Crippen molar-refractivity contribution in [2.24, 2.45) is 0 Å². The molecular formula is C23H22N3O3S+. The van der Waals surface area contributed by atoms with Gasteiger partial charge in [-0.3, -0.25) is 10.1 Å². The van der Waals surface area contributed by atoms with Crippen LogP contribution in [0.5, 0.6) is 0 Å². The number of anilines is 1. The van der Waals surface area contributed by atoms with Gasteiger partial charge in [-0.2, -0.15) is 4.57 Å². The molecule has 30 heavy (non-hydrogen) atoms. The summed E-state index contributed by atoms with van der Waals surface area (Å²) in [5.41, 5.74) is 3.99. The van der Waals surface area contributed by atoms with Crippen LogP contribution >= 0.6 is 12.2 Å². The third-order valence-corrected chi connectivity index (χ3v) is 5.03. The van der Waals surface area contributed by atoms with Crippen molar-refractivity contribution in [2.45, 2.75) is 20.8 Å². The molecule has 6 nitrogen and oxygen atoms in total. The van der Waals surface area contributed by atoms with Gasteiger partial charge in [-0.25, -0.2) is 0 Å². The Morgan fingerprint density at radius 3 is 2.37 bits per heavy atom. The molecule has 0 spiro atoms. The number of nitrogens with one attached hydrogen (secondary N) is 1. The topological polar surface area (TPSA) is 79.3 Å². The molecule has 152 valence electrons. The van der Waals surface area contributed by atoms with Crippen LogP contribution in [0, 0.1) is 30.9 Å². The van der Waals surface area contributed by atoms with Crippen LogP contribution in [0.3, 0.4) is 0 Å². The lowest BCUT2D eigenvalue weighted by Gasteiger charge is -2.13. The largest absolute Gasteiger partial charge is 0.502 e. The number of aliphatic hydroxyl groups excluding tert-OH is 1. The number of nitro groups is 1. The maximum atomic E-state index is 11.3. The molecule has 1 aromatic heterocycles. The fourth-order valence-corrected chi connectivity index (χ4v) is 3.35. The van der Waals surface area contributed by atoms with Crippen molar-refractivity contribution in [3.63, 3.8) is 0 Å². The molecule has 0 unspecified atom stereocenters. The highest BCUT2D eigenvalue weighted by Gasteiger charge is 2.25. The Hall–Kier alpha value is -3.58. The molecule has 0 radical (unpaired) electrons. The maximum Gasteiger partial charge on any atom is 0.288 e. The SMILES string of the molecule is Cc1ccc(C)c(NC(=S)C(=C(O)c2ccc(C)c([N+](=O)[O-])c2)[n+]2ccccc2)c1. The van der Waals surface area contributed by atoms with Gasteiger partial charge < -0.3 is 10.4 Å². The standard InChI is InChI=1S/C23H21N3O3S/c1-15-7-8-16(2)19(13-15)24-23(30)21(25-11-5-4-6-12-25)22(27)18-10-9-17(3)20(14-18)26(28)29/h4-14H,1-3H3,(H-,24,27,30)/p+1. The second-order valence-corrected chi connectivity index (χ2v) is 7.42. The van der Waals surface area contributed by atoms with Crippen molar-refractivity contribution >= 4 is 40.0 Å². The third kappa shape index (κ3) is 4.52. The molecule has 0 bridgehead atoms. The Labute approximate surface area is 180 Å². The molecule has 0 atom stereocenters. The van der Waals surface area contributed by atoms with Crippen LogP contribution < -0.4 is 9.88 Å². The predicted molar refractivity (Wildman–Crippen MR) is 122 cm³/mol. The average molecular weight is 421 g/mol. The number of thiocarbonyl (C=S) groups is 1. The smallest absolute Gasteiger partial charge is 0.288 e. The quantitative estimate of drug-likeness (QED) is 0.149. The van der Waals surface area contributed by atoms with Crippen LogP contribution in [0.4, 0.5) is 11.4 Å². The summed E-state index contributed by atoms with van der Waals surface area (Å²) in [5.74, 6) is -0.155. The summed E-state index contributed by atoms with van der Waals surface area (Å²) in [6.45, 7) is 5.61. The molecule has 0 aliphatic heterocycles. The monoisotopic (exact) mass is 420 g/mol. The lowest BCUT2D eigenvalue weighted by Crippen LogP contribution is -2.38. The third-order valence-electron chi connectivity index (χ3n) is 4.73. The fourth-order valence-electron chi connectivity index (χ4n) is 3.04. The molecule has 1 heterocycles. The zero-order valence-electron chi connectivity index (χ0n) is 16.9. The predicted octanol–water partition coefficient (Wildman–Crippen LogP) is 5.13. The summed E-state index contributed by atoms with van der Waals surface area (Å²) < 4.78 is 1.68. The number of hydrogen-bond acceptors (Lipinski definition) is 4. The minimum Gasteiger partial charge on any atom is -0.502 e. The van der Waals surface area contributed by atoms with E-state index in [9.17, 15) is 15.2 Å². The van der Waals surface area contributed by atoms with Crippen LogP contribution in [0.1, 0.15) is 22.3 Å². The summed E-state index contributed by atoms with van der Waals surface area (Å²) in [4.78, 5) is 11.2. The van der Waals surface area contributed by atoms with Gasteiger partial charge in [0.15, 0.2) is 23.1 Å². The minimum atomic E-state index is -0.464. The first-order valence-corrected chi connectivity index (χ1v) is 9.72. The molecule has 0 saturated heterocycles. The number of nitro benzene ring substituents is 1. The maximum absolute atomic E-state index is 11.3. The van der Waals surface area contributed by atoms with E-state index in [0.717, 1.165) is 16.8 Å². The molecule has 0 fully saturated rings. The van der Waals surface area contributed by atoms with E-state index < -0.39 is 4.92 Å². The molecule has 3 aromatic rings. The molecule has 2 N–H and O–H groups in total. The number of hydrogen-bond donors (Lipinski definition) is 2. The summed E-state index contributed by atoms with van der Waals surface area (Å²) >= 11 is 5.65. The van der Waals surface area contributed by atoms with Gasteiger partial charge in [-0.1, -0.05) is 42.5 Å². The zero-order chi connectivity index (χ0) is 21.8. The van der Waals surface area contributed by atoms with Crippen molar-refractivity contribution in [3.05, 3.63) is 99.4 Å². The molecule has 0 aliphatic rings. The Morgan fingerprint density at radius 2 is 1.70 bits per heavy atom. The summed E-state index contributed by atoms with van der Waals surface area (Å²) in [6, 6.07) is 16.1. The van der Waals surface area contributed by atoms with E-state index in [-0.39, 0.29) is 11.4 Å². The molecule has 0 aliphatic carbocycles. The second kappa shape index (κ2) is 8.84. The van der Waals surface area contributed by atoms with Gasteiger partial charge in [0.1, 0.15) is 0 Å². The lowest BCUT2D eigenvalue weighted by molar-refractivity contribution is -0.575. The van der Waals surface area contributed by atoms with E-state index in [1.807, 2.05) is 50.2 Å². The van der Waals surface area contributed by atoms with E-state index >= 15 is 0 Å². The fraction of sp³-hybridized carbons (Fsp3) is 0.130. The van der Waals surface area contributed by atoms with E-state index in [1.165, 1.54) is 6.07 Å². The molecule has 2 aromatic carbocycles. The first-order valence-electron chi connectivity index (χ1n) is 9.32. The van der Waals surface area contributed by atoms with Crippen molar-refractivity contribution in [3.8, 4) is 0 Å². The zero-order valence-corrected chi connectivity index (χ0v) is 17.7. The first kappa shape index (κ1) is 21.1. The number of benzene rings is 2. The average Bonchev–Trinajstić information content (AvgIpc) is 2.71. The van der Waals surface area contributed by atoms with Crippen LogP contribution in [0.25, 0.3) is 11.5 Å². The van der Waals surface area contributed by atoms with Crippen molar-refractivity contribution in [2.75, 3.05) is 5.32 Å². The molecular weight excluding hydrogens is 398 g/mol. The highest BCUT2D eigenvalue weighted by molar-refractivity contribution is 7.81. The van der Waals surface area contributed by atoms with Gasteiger partial charge >= 0.3 is 0 Å². The molecule has 3 rings (SSSR count). The number of rotatable bonds is 5. The number of nitrogens with zero attached hydrogens (tertiary/aromatic N) is 2. The Kier molecular flexibility index (Phi) is 6.23. The number of aliphatic hydroxyl groups is 1. The normalized spacial score (nSPS) is 11.6. The first-order chi connectivity index (χ1) is 14.3. The molecule has 0 saturated carbocycles. The summed E-state index contributed by atoms with van der Waals surface area (Å²) in [7, 11) is 0. The highest BCUT2D eigenvalue weighted by atomic mass is 32.1. The van der Waals surface area contributed by atoms with Crippen molar-refractivity contribution in [1.82, 2.24) is 0 Å². The molecule has 0 amide bonds. The summed E-state index contributed by atoms with van der Waals surface area (Å²) in [6.07, 6.45) is 3.51. The van der Waals surface area contributed by atoms with Gasteiger partial charge in [0.25, 0.3) is 11.4 Å². The van der Waals surface area contributed by atoms with E-state index in [1.54, 1.807) is 36.0 Å². The van der Waals surface area contributed by atoms with Gasteiger partial charge in [-0.05, 0) is 38.0 Å². The van der Waals surface area contributed by atoms with Crippen LogP contribution in [-0.4, -0.2) is 15.0 Å². The Balaban J connectivity index is 2.13. The van der Waals surface area contributed by atoms with Gasteiger partial charge in [0.2, 0.25) is 0 Å². The Bertz CT molecular complexity index is 1160. The van der Waals surface area contributed by atoms with Crippen LogP contribution in [-0.2, 0) is 0 Å². The van der Waals surface area contributed by atoms with E-state index in [0.29, 0.717) is 21.8 Å². The Morgan fingerprint density at radius 1 is 1.03 bits per heavy atom. The highest BCUT2D eigenvalue weighted by Crippen LogP contribution is 2.26. The van der Waals surface area contributed by atoms with E-state index in [2.05, 4.69) is 5.32 Å². The lowest BCUT2D eigenvalue weighted by atomic mass is 10.1.